The van der Waals surface area contributed by atoms with Crippen LogP contribution in [0.25, 0.3) is 0 Å². The quantitative estimate of drug-likeness (QED) is 0.666. The van der Waals surface area contributed by atoms with Crippen LogP contribution in [0, 0.1) is 13.8 Å². The monoisotopic (exact) mass is 351 g/mol. The molecule has 0 atom stereocenters. The lowest BCUT2D eigenvalue weighted by Crippen LogP contribution is -2.13. The fourth-order valence-corrected chi connectivity index (χ4v) is 2.60. The van der Waals surface area contributed by atoms with E-state index in [0.29, 0.717) is 16.3 Å². The highest BCUT2D eigenvalue weighted by Crippen LogP contribution is 2.25. The van der Waals surface area contributed by atoms with E-state index in [1.165, 1.54) is 6.20 Å². The number of aromatic nitrogens is 1. The van der Waals surface area contributed by atoms with E-state index >= 15 is 0 Å². The Labute approximate surface area is 151 Å². The SMILES string of the molecule is Cc1ccc(C)c(NC(=O)c2cncc(Nc3ccccc3Cl)c2)c1. The van der Waals surface area contributed by atoms with Crippen LogP contribution in [0.15, 0.2) is 60.9 Å². The van der Waals surface area contributed by atoms with Crippen LogP contribution >= 0.6 is 11.6 Å². The zero-order valence-electron chi connectivity index (χ0n) is 14.0. The molecule has 2 aromatic carbocycles. The molecule has 0 saturated heterocycles. The van der Waals surface area contributed by atoms with Gasteiger partial charge in [-0.05, 0) is 49.2 Å². The van der Waals surface area contributed by atoms with Gasteiger partial charge in [0.15, 0.2) is 0 Å². The Morgan fingerprint density at radius 2 is 1.80 bits per heavy atom. The molecule has 1 amide bonds. The molecular weight excluding hydrogens is 334 g/mol. The zero-order chi connectivity index (χ0) is 17.8. The Hall–Kier alpha value is -2.85. The lowest BCUT2D eigenvalue weighted by atomic mass is 10.1. The number of benzene rings is 2. The van der Waals surface area contributed by atoms with Gasteiger partial charge in [-0.2, -0.15) is 0 Å². The number of rotatable bonds is 4. The van der Waals surface area contributed by atoms with Crippen molar-refractivity contribution in [1.29, 1.82) is 0 Å². The topological polar surface area (TPSA) is 54.0 Å². The van der Waals surface area contributed by atoms with Gasteiger partial charge in [0, 0.05) is 11.9 Å². The van der Waals surface area contributed by atoms with Crippen LogP contribution in [0.1, 0.15) is 21.5 Å². The van der Waals surface area contributed by atoms with Crippen LogP contribution in [-0.2, 0) is 0 Å². The number of amides is 1. The molecule has 0 fully saturated rings. The van der Waals surface area contributed by atoms with Crippen LogP contribution in [0.4, 0.5) is 17.1 Å². The molecule has 25 heavy (non-hydrogen) atoms. The Morgan fingerprint density at radius 3 is 2.60 bits per heavy atom. The van der Waals surface area contributed by atoms with Crippen molar-refractivity contribution >= 4 is 34.6 Å². The van der Waals surface area contributed by atoms with Gasteiger partial charge in [-0.3, -0.25) is 9.78 Å². The molecule has 5 heteroatoms. The molecule has 126 valence electrons. The second-order valence-electron chi connectivity index (χ2n) is 5.84. The van der Waals surface area contributed by atoms with Gasteiger partial charge in [0.2, 0.25) is 0 Å². The minimum absolute atomic E-state index is 0.205. The second kappa shape index (κ2) is 7.36. The number of halogens is 1. The third kappa shape index (κ3) is 4.17. The maximum absolute atomic E-state index is 12.5. The van der Waals surface area contributed by atoms with Crippen LogP contribution in [0.2, 0.25) is 5.02 Å². The highest BCUT2D eigenvalue weighted by molar-refractivity contribution is 6.33. The van der Waals surface area contributed by atoms with Gasteiger partial charge in [-0.15, -0.1) is 0 Å². The molecule has 0 spiro atoms. The lowest BCUT2D eigenvalue weighted by molar-refractivity contribution is 0.102. The smallest absolute Gasteiger partial charge is 0.257 e. The van der Waals surface area contributed by atoms with Gasteiger partial charge >= 0.3 is 0 Å². The average molecular weight is 352 g/mol. The molecule has 2 N–H and O–H groups in total. The molecule has 3 aromatic rings. The summed E-state index contributed by atoms with van der Waals surface area (Å²) in [5.74, 6) is -0.205. The summed E-state index contributed by atoms with van der Waals surface area (Å²) in [5, 5.41) is 6.72. The standard InChI is InChI=1S/C20H18ClN3O/c1-13-7-8-14(2)19(9-13)24-20(25)15-10-16(12-22-11-15)23-18-6-4-3-5-17(18)21/h3-12,23H,1-2H3,(H,24,25). The van der Waals surface area contributed by atoms with E-state index in [-0.39, 0.29) is 5.91 Å². The van der Waals surface area contributed by atoms with Crippen molar-refractivity contribution in [3.63, 3.8) is 0 Å². The Morgan fingerprint density at radius 1 is 1.00 bits per heavy atom. The summed E-state index contributed by atoms with van der Waals surface area (Å²) in [4.78, 5) is 16.7. The van der Waals surface area contributed by atoms with Gasteiger partial charge < -0.3 is 10.6 Å². The molecule has 3 rings (SSSR count). The number of para-hydroxylation sites is 1. The Balaban J connectivity index is 1.80. The summed E-state index contributed by atoms with van der Waals surface area (Å²) in [7, 11) is 0. The Bertz CT molecular complexity index is 924. The van der Waals surface area contributed by atoms with E-state index in [2.05, 4.69) is 15.6 Å². The first-order valence-electron chi connectivity index (χ1n) is 7.88. The molecule has 4 nitrogen and oxygen atoms in total. The van der Waals surface area contributed by atoms with Gasteiger partial charge in [0.1, 0.15) is 0 Å². The first-order chi connectivity index (χ1) is 12.0. The normalized spacial score (nSPS) is 10.4. The molecule has 0 unspecified atom stereocenters. The molecule has 1 aromatic heterocycles. The molecule has 0 aliphatic rings. The molecule has 1 heterocycles. The summed E-state index contributed by atoms with van der Waals surface area (Å²) in [5.41, 5.74) is 4.83. The van der Waals surface area contributed by atoms with Crippen molar-refractivity contribution in [2.24, 2.45) is 0 Å². The molecule has 0 bridgehead atoms. The minimum atomic E-state index is -0.205. The fourth-order valence-electron chi connectivity index (χ4n) is 2.42. The van der Waals surface area contributed by atoms with Gasteiger partial charge in [-0.1, -0.05) is 35.9 Å². The fraction of sp³-hybridized carbons (Fsp3) is 0.100. The number of nitrogens with one attached hydrogen (secondary N) is 2. The van der Waals surface area contributed by atoms with E-state index in [1.807, 2.05) is 50.2 Å². The zero-order valence-corrected chi connectivity index (χ0v) is 14.8. The molecule has 0 aliphatic carbocycles. The highest BCUT2D eigenvalue weighted by atomic mass is 35.5. The van der Waals surface area contributed by atoms with Crippen LogP contribution in [0.3, 0.4) is 0 Å². The number of hydrogen-bond donors (Lipinski definition) is 2. The predicted octanol–water partition coefficient (Wildman–Crippen LogP) is 5.35. The van der Waals surface area contributed by atoms with Gasteiger partial charge in [-0.25, -0.2) is 0 Å². The van der Waals surface area contributed by atoms with E-state index in [1.54, 1.807) is 18.3 Å². The largest absolute Gasteiger partial charge is 0.353 e. The lowest BCUT2D eigenvalue weighted by Gasteiger charge is -2.11. The highest BCUT2D eigenvalue weighted by Gasteiger charge is 2.10. The first kappa shape index (κ1) is 17.0. The Kier molecular flexibility index (Phi) is 5.00. The van der Waals surface area contributed by atoms with Crippen LogP contribution in [-0.4, -0.2) is 10.9 Å². The second-order valence-corrected chi connectivity index (χ2v) is 6.25. The molecule has 0 saturated carbocycles. The third-order valence-corrected chi connectivity index (χ3v) is 4.12. The minimum Gasteiger partial charge on any atom is -0.353 e. The van der Waals surface area contributed by atoms with Crippen molar-refractivity contribution in [3.8, 4) is 0 Å². The number of carbonyl (C=O) groups excluding carboxylic acids is 1. The van der Waals surface area contributed by atoms with Crippen molar-refractivity contribution in [1.82, 2.24) is 4.98 Å². The number of anilines is 3. The number of pyridine rings is 1. The average Bonchev–Trinajstić information content (AvgIpc) is 2.60. The summed E-state index contributed by atoms with van der Waals surface area (Å²) >= 11 is 6.15. The number of aryl methyl sites for hydroxylation is 2. The van der Waals surface area contributed by atoms with Crippen LogP contribution in [0.5, 0.6) is 0 Å². The summed E-state index contributed by atoms with van der Waals surface area (Å²) < 4.78 is 0. The van der Waals surface area contributed by atoms with E-state index in [4.69, 9.17) is 11.6 Å². The molecular formula is C20H18ClN3O. The van der Waals surface area contributed by atoms with Gasteiger partial charge in [0.05, 0.1) is 28.2 Å². The van der Waals surface area contributed by atoms with Gasteiger partial charge in [0.25, 0.3) is 5.91 Å². The maximum atomic E-state index is 12.5. The van der Waals surface area contributed by atoms with E-state index in [9.17, 15) is 4.79 Å². The summed E-state index contributed by atoms with van der Waals surface area (Å²) in [6, 6.07) is 15.1. The summed E-state index contributed by atoms with van der Waals surface area (Å²) in [6.07, 6.45) is 3.19. The van der Waals surface area contributed by atoms with Crippen LogP contribution < -0.4 is 10.6 Å². The van der Waals surface area contributed by atoms with Crippen molar-refractivity contribution in [2.75, 3.05) is 10.6 Å². The molecule has 0 aliphatic heterocycles. The van der Waals surface area contributed by atoms with Crippen molar-refractivity contribution in [3.05, 3.63) is 82.6 Å². The molecule has 0 radical (unpaired) electrons. The van der Waals surface area contributed by atoms with E-state index < -0.39 is 0 Å². The maximum Gasteiger partial charge on any atom is 0.257 e. The predicted molar refractivity (Wildman–Crippen MR) is 103 cm³/mol. The van der Waals surface area contributed by atoms with Crippen molar-refractivity contribution in [2.45, 2.75) is 13.8 Å². The number of nitrogens with zero attached hydrogens (tertiary/aromatic N) is 1. The number of carbonyl (C=O) groups is 1. The first-order valence-corrected chi connectivity index (χ1v) is 8.26. The third-order valence-electron chi connectivity index (χ3n) is 3.79. The number of hydrogen-bond acceptors (Lipinski definition) is 3. The summed E-state index contributed by atoms with van der Waals surface area (Å²) in [6.45, 7) is 3.95. The van der Waals surface area contributed by atoms with E-state index in [0.717, 1.165) is 22.5 Å². The van der Waals surface area contributed by atoms with Crippen molar-refractivity contribution < 1.29 is 4.79 Å².